The summed E-state index contributed by atoms with van der Waals surface area (Å²) in [5.74, 6) is -0.406. The number of hydrogen-bond donors (Lipinski definition) is 0. The Morgan fingerprint density at radius 1 is 1.28 bits per heavy atom. The lowest BCUT2D eigenvalue weighted by Gasteiger charge is -2.34. The molecule has 0 aromatic rings. The van der Waals surface area contributed by atoms with Crippen LogP contribution in [0, 0.1) is 11.3 Å². The highest BCUT2D eigenvalue weighted by molar-refractivity contribution is 6.22. The molecule has 0 N–H and O–H groups in total. The van der Waals surface area contributed by atoms with Gasteiger partial charge in [-0.3, -0.25) is 14.6 Å². The molecule has 0 unspecified atom stereocenters. The van der Waals surface area contributed by atoms with Crippen molar-refractivity contribution in [2.75, 3.05) is 6.54 Å². The van der Waals surface area contributed by atoms with Gasteiger partial charge in [-0.05, 0) is 24.7 Å². The number of carbonyl (C=O) groups excluding carboxylic acids is 2. The number of aliphatic imine (C=N–C) groups is 1. The Hall–Kier alpha value is -0.990. The third-order valence-electron chi connectivity index (χ3n) is 3.32. The molecule has 1 aliphatic rings. The molecule has 18 heavy (non-hydrogen) atoms. The molecule has 0 radical (unpaired) electrons. The molecule has 102 valence electrons. The topological polar surface area (TPSA) is 46.5 Å². The summed E-state index contributed by atoms with van der Waals surface area (Å²) in [6.07, 6.45) is 3.51. The van der Waals surface area contributed by atoms with Crippen LogP contribution in [0.5, 0.6) is 0 Å². The van der Waals surface area contributed by atoms with Gasteiger partial charge in [0.1, 0.15) is 17.5 Å². The second kappa shape index (κ2) is 6.26. The van der Waals surface area contributed by atoms with Gasteiger partial charge in [0.05, 0.1) is 0 Å². The van der Waals surface area contributed by atoms with Gasteiger partial charge < -0.3 is 0 Å². The lowest BCUT2D eigenvalue weighted by molar-refractivity contribution is -0.132. The van der Waals surface area contributed by atoms with E-state index in [1.807, 2.05) is 6.92 Å². The SMILES string of the molecule is CCCN=C1CC(C)(C)CC(=O)[C@@H]1C(=O)CCC. The highest BCUT2D eigenvalue weighted by Gasteiger charge is 2.40. The number of Topliss-reactive ketones (excluding diaryl/α,β-unsaturated/α-hetero) is 2. The average molecular weight is 251 g/mol. The largest absolute Gasteiger partial charge is 0.298 e. The Morgan fingerprint density at radius 3 is 2.50 bits per heavy atom. The van der Waals surface area contributed by atoms with Gasteiger partial charge in [0.2, 0.25) is 0 Å². The molecule has 1 aliphatic carbocycles. The van der Waals surface area contributed by atoms with Crippen molar-refractivity contribution < 1.29 is 9.59 Å². The van der Waals surface area contributed by atoms with Crippen molar-refractivity contribution in [1.29, 1.82) is 0 Å². The maximum absolute atomic E-state index is 12.2. The van der Waals surface area contributed by atoms with Crippen molar-refractivity contribution in [3.05, 3.63) is 0 Å². The third kappa shape index (κ3) is 3.76. The van der Waals surface area contributed by atoms with Crippen molar-refractivity contribution in [3.8, 4) is 0 Å². The predicted octanol–water partition coefficient (Wildman–Crippen LogP) is 3.21. The molecule has 0 amide bonds. The number of hydrogen-bond acceptors (Lipinski definition) is 3. The summed E-state index contributed by atoms with van der Waals surface area (Å²) in [4.78, 5) is 28.8. The summed E-state index contributed by atoms with van der Waals surface area (Å²) in [6, 6.07) is 0. The normalized spacial score (nSPS) is 25.4. The van der Waals surface area contributed by atoms with Gasteiger partial charge >= 0.3 is 0 Å². The highest BCUT2D eigenvalue weighted by Crippen LogP contribution is 2.35. The molecule has 3 heteroatoms. The molecule has 1 atom stereocenters. The second-order valence-corrected chi connectivity index (χ2v) is 6.01. The number of ketones is 2. The fourth-order valence-electron chi connectivity index (χ4n) is 2.57. The summed E-state index contributed by atoms with van der Waals surface area (Å²) in [7, 11) is 0. The number of carbonyl (C=O) groups is 2. The first-order valence-electron chi connectivity index (χ1n) is 7.00. The summed E-state index contributed by atoms with van der Waals surface area (Å²) in [5, 5.41) is 0. The lowest BCUT2D eigenvalue weighted by Crippen LogP contribution is -2.42. The minimum absolute atomic E-state index is 0.0490. The van der Waals surface area contributed by atoms with E-state index in [0.29, 0.717) is 19.4 Å². The van der Waals surface area contributed by atoms with Gasteiger partial charge in [-0.15, -0.1) is 0 Å². The Kier molecular flexibility index (Phi) is 5.24. The van der Waals surface area contributed by atoms with E-state index in [1.165, 1.54) is 0 Å². The van der Waals surface area contributed by atoms with E-state index in [-0.39, 0.29) is 17.0 Å². The van der Waals surface area contributed by atoms with Crippen LogP contribution < -0.4 is 0 Å². The van der Waals surface area contributed by atoms with Crippen LogP contribution in [0.25, 0.3) is 0 Å². The van der Waals surface area contributed by atoms with Gasteiger partial charge in [-0.2, -0.15) is 0 Å². The van der Waals surface area contributed by atoms with E-state index in [2.05, 4.69) is 25.8 Å². The fraction of sp³-hybridized carbons (Fsp3) is 0.800. The third-order valence-corrected chi connectivity index (χ3v) is 3.32. The summed E-state index contributed by atoms with van der Waals surface area (Å²) in [6.45, 7) is 8.90. The van der Waals surface area contributed by atoms with Crippen molar-refractivity contribution in [3.63, 3.8) is 0 Å². The molecular formula is C15H25NO2. The maximum Gasteiger partial charge on any atom is 0.149 e. The Morgan fingerprint density at radius 2 is 1.94 bits per heavy atom. The molecule has 1 saturated carbocycles. The first-order chi connectivity index (χ1) is 8.41. The van der Waals surface area contributed by atoms with E-state index in [4.69, 9.17) is 0 Å². The lowest BCUT2D eigenvalue weighted by atomic mass is 9.69. The van der Waals surface area contributed by atoms with Gasteiger partial charge in [0, 0.05) is 25.1 Å². The van der Waals surface area contributed by atoms with E-state index < -0.39 is 5.92 Å². The summed E-state index contributed by atoms with van der Waals surface area (Å²) in [5.41, 5.74) is 0.781. The number of rotatable bonds is 5. The van der Waals surface area contributed by atoms with E-state index in [1.54, 1.807) is 0 Å². The van der Waals surface area contributed by atoms with Crippen molar-refractivity contribution >= 4 is 17.3 Å². The van der Waals surface area contributed by atoms with Crippen LogP contribution in [0.2, 0.25) is 0 Å². The minimum Gasteiger partial charge on any atom is -0.298 e. The van der Waals surface area contributed by atoms with Crippen LogP contribution in [-0.2, 0) is 9.59 Å². The van der Waals surface area contributed by atoms with Crippen LogP contribution in [0.3, 0.4) is 0 Å². The smallest absolute Gasteiger partial charge is 0.149 e. The molecule has 0 saturated heterocycles. The summed E-state index contributed by atoms with van der Waals surface area (Å²) >= 11 is 0. The molecule has 1 fully saturated rings. The predicted molar refractivity (Wildman–Crippen MR) is 74.0 cm³/mol. The zero-order valence-corrected chi connectivity index (χ0v) is 12.1. The molecule has 3 nitrogen and oxygen atoms in total. The van der Waals surface area contributed by atoms with Gasteiger partial charge in [-0.25, -0.2) is 0 Å². The van der Waals surface area contributed by atoms with Crippen LogP contribution in [0.4, 0.5) is 0 Å². The molecule has 1 rings (SSSR count). The standard InChI is InChI=1S/C15H25NO2/c1-5-7-12(17)14-11(16-8-6-2)9-15(3,4)10-13(14)18/h14H,5-10H2,1-4H3/t14-/m0/s1. The van der Waals surface area contributed by atoms with Crippen molar-refractivity contribution in [2.24, 2.45) is 16.3 Å². The van der Waals surface area contributed by atoms with Gasteiger partial charge in [-0.1, -0.05) is 27.7 Å². The van der Waals surface area contributed by atoms with Crippen LogP contribution in [0.1, 0.15) is 59.8 Å². The summed E-state index contributed by atoms with van der Waals surface area (Å²) < 4.78 is 0. The first kappa shape index (κ1) is 15.1. The molecular weight excluding hydrogens is 226 g/mol. The van der Waals surface area contributed by atoms with E-state index >= 15 is 0 Å². The molecule has 0 spiro atoms. The fourth-order valence-corrected chi connectivity index (χ4v) is 2.57. The maximum atomic E-state index is 12.2. The van der Waals surface area contributed by atoms with Crippen LogP contribution in [0.15, 0.2) is 4.99 Å². The molecule has 0 aromatic heterocycles. The molecule has 0 aliphatic heterocycles. The zero-order chi connectivity index (χ0) is 13.8. The van der Waals surface area contributed by atoms with Crippen LogP contribution >= 0.6 is 0 Å². The second-order valence-electron chi connectivity index (χ2n) is 6.01. The first-order valence-corrected chi connectivity index (χ1v) is 7.00. The average Bonchev–Trinajstić information content (AvgIpc) is 2.24. The highest BCUT2D eigenvalue weighted by atomic mass is 16.2. The minimum atomic E-state index is -0.537. The molecule has 0 aromatic carbocycles. The molecule has 0 bridgehead atoms. The van der Waals surface area contributed by atoms with Crippen molar-refractivity contribution in [1.82, 2.24) is 0 Å². The molecule has 0 heterocycles. The van der Waals surface area contributed by atoms with Crippen LogP contribution in [-0.4, -0.2) is 23.8 Å². The van der Waals surface area contributed by atoms with Crippen molar-refractivity contribution in [2.45, 2.75) is 59.8 Å². The van der Waals surface area contributed by atoms with E-state index in [0.717, 1.165) is 25.0 Å². The Balaban J connectivity index is 2.96. The van der Waals surface area contributed by atoms with E-state index in [9.17, 15) is 9.59 Å². The Bertz CT molecular complexity index is 356. The monoisotopic (exact) mass is 251 g/mol. The van der Waals surface area contributed by atoms with Gasteiger partial charge in [0.25, 0.3) is 0 Å². The number of nitrogens with zero attached hydrogens (tertiary/aromatic N) is 1. The van der Waals surface area contributed by atoms with Gasteiger partial charge in [0.15, 0.2) is 0 Å². The zero-order valence-electron chi connectivity index (χ0n) is 12.1. The Labute approximate surface area is 110 Å². The quantitative estimate of drug-likeness (QED) is 0.704.